The first-order valence-corrected chi connectivity index (χ1v) is 8.51. The van der Waals surface area contributed by atoms with Crippen LogP contribution in [-0.2, 0) is 14.3 Å². The summed E-state index contributed by atoms with van der Waals surface area (Å²) in [7, 11) is 3.21. The van der Waals surface area contributed by atoms with Crippen molar-refractivity contribution in [2.45, 2.75) is 6.92 Å². The lowest BCUT2D eigenvalue weighted by atomic mass is 10.2. The number of hydrogen-bond acceptors (Lipinski definition) is 5. The number of ether oxygens (including phenoxy) is 2. The second-order valence-electron chi connectivity index (χ2n) is 5.09. The van der Waals surface area contributed by atoms with Crippen molar-refractivity contribution >= 4 is 34.2 Å². The van der Waals surface area contributed by atoms with Gasteiger partial charge in [-0.2, -0.15) is 5.26 Å². The molecular weight excluding hydrogens is 421 g/mol. The summed E-state index contributed by atoms with van der Waals surface area (Å²) in [5.74, 6) is -0.429. The Bertz CT molecular complexity index is 618. The van der Waals surface area contributed by atoms with Gasteiger partial charge in [-0.3, -0.25) is 4.79 Å². The number of methoxy groups -OCH3 is 2. The fourth-order valence-electron chi connectivity index (χ4n) is 1.94. The second-order valence-corrected chi connectivity index (χ2v) is 6.34. The van der Waals surface area contributed by atoms with E-state index >= 15 is 0 Å². The number of nitrogens with one attached hydrogen (secondary N) is 1. The van der Waals surface area contributed by atoms with Gasteiger partial charge in [0.2, 0.25) is 0 Å². The van der Waals surface area contributed by atoms with Crippen LogP contribution in [0.15, 0.2) is 30.0 Å². The molecule has 0 aliphatic rings. The van der Waals surface area contributed by atoms with Crippen LogP contribution in [0.5, 0.6) is 0 Å². The van der Waals surface area contributed by atoms with Crippen LogP contribution in [0.25, 0.3) is 0 Å². The maximum Gasteiger partial charge on any atom is 0.267 e. The van der Waals surface area contributed by atoms with Gasteiger partial charge in [-0.25, -0.2) is 0 Å². The van der Waals surface area contributed by atoms with Crippen molar-refractivity contribution in [2.75, 3.05) is 45.8 Å². The minimum absolute atomic E-state index is 0.0418. The van der Waals surface area contributed by atoms with Crippen molar-refractivity contribution in [3.05, 3.63) is 39.1 Å². The molecule has 1 aromatic rings. The monoisotopic (exact) mass is 443 g/mol. The van der Waals surface area contributed by atoms with Crippen LogP contribution >= 0.6 is 22.6 Å². The van der Waals surface area contributed by atoms with E-state index in [1.165, 1.54) is 0 Å². The first kappa shape index (κ1) is 20.4. The maximum atomic E-state index is 12.4. The fraction of sp³-hybridized carbons (Fsp3) is 0.412. The van der Waals surface area contributed by atoms with Gasteiger partial charge in [0.05, 0.1) is 13.2 Å². The Kier molecular flexibility index (Phi) is 9.37. The molecule has 0 bridgehead atoms. The number of benzene rings is 1. The zero-order valence-corrected chi connectivity index (χ0v) is 16.3. The Hall–Kier alpha value is -1.63. The topological polar surface area (TPSA) is 74.6 Å². The molecule has 0 radical (unpaired) electrons. The smallest absolute Gasteiger partial charge is 0.267 e. The standard InChI is InChI=1S/C17H22IN3O3/c1-13-10-15(18)4-5-16(13)20-17(22)14(11-19)12-21(6-8-23-2)7-9-24-3/h4-5,10,12H,6-9H2,1-3H3,(H,20,22)/b14-12-. The van der Waals surface area contributed by atoms with E-state index < -0.39 is 5.91 Å². The first-order chi connectivity index (χ1) is 11.5. The maximum absolute atomic E-state index is 12.4. The van der Waals surface area contributed by atoms with E-state index in [-0.39, 0.29) is 5.57 Å². The lowest BCUT2D eigenvalue weighted by Gasteiger charge is -2.20. The van der Waals surface area contributed by atoms with Crippen molar-refractivity contribution < 1.29 is 14.3 Å². The van der Waals surface area contributed by atoms with Gasteiger partial charge in [0.1, 0.15) is 11.6 Å². The highest BCUT2D eigenvalue weighted by molar-refractivity contribution is 14.1. The van der Waals surface area contributed by atoms with Crippen molar-refractivity contribution in [3.63, 3.8) is 0 Å². The van der Waals surface area contributed by atoms with E-state index in [0.717, 1.165) is 9.13 Å². The number of nitrogens with zero attached hydrogens (tertiary/aromatic N) is 2. The minimum atomic E-state index is -0.429. The molecule has 24 heavy (non-hydrogen) atoms. The lowest BCUT2D eigenvalue weighted by molar-refractivity contribution is -0.112. The minimum Gasteiger partial charge on any atom is -0.383 e. The number of halogens is 1. The molecule has 0 saturated heterocycles. The van der Waals surface area contributed by atoms with Crippen LogP contribution in [-0.4, -0.2) is 51.3 Å². The number of anilines is 1. The lowest BCUT2D eigenvalue weighted by Crippen LogP contribution is -2.27. The van der Waals surface area contributed by atoms with Gasteiger partial charge in [-0.15, -0.1) is 0 Å². The molecule has 7 heteroatoms. The summed E-state index contributed by atoms with van der Waals surface area (Å²) in [4.78, 5) is 14.2. The molecule has 1 N–H and O–H groups in total. The number of amides is 1. The van der Waals surface area contributed by atoms with Crippen LogP contribution < -0.4 is 5.32 Å². The average molecular weight is 443 g/mol. The zero-order valence-electron chi connectivity index (χ0n) is 14.1. The van der Waals surface area contributed by atoms with Gasteiger partial charge in [0, 0.05) is 42.8 Å². The molecule has 1 rings (SSSR count). The SMILES string of the molecule is COCCN(/C=C(/C#N)C(=O)Nc1ccc(I)cc1C)CCOC. The Morgan fingerprint density at radius 2 is 1.96 bits per heavy atom. The van der Waals surface area contributed by atoms with Gasteiger partial charge >= 0.3 is 0 Å². The number of carbonyl (C=O) groups excluding carboxylic acids is 1. The molecule has 0 unspecified atom stereocenters. The summed E-state index contributed by atoms with van der Waals surface area (Å²) >= 11 is 2.21. The molecular formula is C17H22IN3O3. The Labute approximate surface area is 156 Å². The largest absolute Gasteiger partial charge is 0.383 e. The molecule has 130 valence electrons. The zero-order chi connectivity index (χ0) is 17.9. The van der Waals surface area contributed by atoms with E-state index in [1.807, 2.05) is 36.1 Å². The quantitative estimate of drug-likeness (QED) is 0.361. The highest BCUT2D eigenvalue weighted by Crippen LogP contribution is 2.18. The van der Waals surface area contributed by atoms with Crippen molar-refractivity contribution in [2.24, 2.45) is 0 Å². The Morgan fingerprint density at radius 3 is 2.46 bits per heavy atom. The summed E-state index contributed by atoms with van der Waals surface area (Å²) in [6.07, 6.45) is 1.55. The predicted molar refractivity (Wildman–Crippen MR) is 102 cm³/mol. The highest BCUT2D eigenvalue weighted by Gasteiger charge is 2.13. The summed E-state index contributed by atoms with van der Waals surface area (Å²) in [5, 5.41) is 12.1. The molecule has 0 aliphatic heterocycles. The van der Waals surface area contributed by atoms with Crippen molar-refractivity contribution in [3.8, 4) is 6.07 Å². The van der Waals surface area contributed by atoms with Crippen LogP contribution in [0.1, 0.15) is 5.56 Å². The highest BCUT2D eigenvalue weighted by atomic mass is 127. The van der Waals surface area contributed by atoms with Gasteiger partial charge in [0.15, 0.2) is 0 Å². The molecule has 0 atom stereocenters. The first-order valence-electron chi connectivity index (χ1n) is 7.43. The van der Waals surface area contributed by atoms with Crippen LogP contribution in [0.2, 0.25) is 0 Å². The van der Waals surface area contributed by atoms with Crippen LogP contribution in [0.4, 0.5) is 5.69 Å². The molecule has 0 heterocycles. The molecule has 0 spiro atoms. The van der Waals surface area contributed by atoms with Gasteiger partial charge < -0.3 is 19.7 Å². The van der Waals surface area contributed by atoms with E-state index in [0.29, 0.717) is 32.0 Å². The molecule has 1 amide bonds. The third-order valence-electron chi connectivity index (χ3n) is 3.28. The number of rotatable bonds is 9. The third kappa shape index (κ3) is 6.86. The molecule has 0 aliphatic carbocycles. The molecule has 0 saturated carbocycles. The number of nitriles is 1. The van der Waals surface area contributed by atoms with Crippen LogP contribution in [0, 0.1) is 21.8 Å². The predicted octanol–water partition coefficient (Wildman–Crippen LogP) is 2.54. The molecule has 0 aromatic heterocycles. The van der Waals surface area contributed by atoms with E-state index in [4.69, 9.17) is 9.47 Å². The number of hydrogen-bond donors (Lipinski definition) is 1. The summed E-state index contributed by atoms with van der Waals surface area (Å²) in [5.41, 5.74) is 1.69. The van der Waals surface area contributed by atoms with E-state index in [2.05, 4.69) is 27.9 Å². The van der Waals surface area contributed by atoms with Gasteiger partial charge in [0.25, 0.3) is 5.91 Å². The Balaban J connectivity index is 2.87. The normalized spacial score (nSPS) is 11.0. The Morgan fingerprint density at radius 1 is 1.33 bits per heavy atom. The second kappa shape index (κ2) is 11.0. The third-order valence-corrected chi connectivity index (χ3v) is 3.95. The molecule has 6 nitrogen and oxygen atoms in total. The summed E-state index contributed by atoms with van der Waals surface area (Å²) in [6.45, 7) is 4.05. The van der Waals surface area contributed by atoms with Crippen molar-refractivity contribution in [1.29, 1.82) is 5.26 Å². The molecule has 1 aromatic carbocycles. The van der Waals surface area contributed by atoms with Gasteiger partial charge in [-0.1, -0.05) is 0 Å². The van der Waals surface area contributed by atoms with Crippen molar-refractivity contribution in [1.82, 2.24) is 4.90 Å². The summed E-state index contributed by atoms with van der Waals surface area (Å²) < 4.78 is 11.2. The number of aryl methyl sites for hydroxylation is 1. The van der Waals surface area contributed by atoms with Gasteiger partial charge in [-0.05, 0) is 53.3 Å². The van der Waals surface area contributed by atoms with Crippen LogP contribution in [0.3, 0.4) is 0 Å². The summed E-state index contributed by atoms with van der Waals surface area (Å²) in [6, 6.07) is 7.66. The number of carbonyl (C=O) groups is 1. The fourth-order valence-corrected chi connectivity index (χ4v) is 2.58. The molecule has 0 fully saturated rings. The average Bonchev–Trinajstić information content (AvgIpc) is 2.56. The van der Waals surface area contributed by atoms with E-state index in [9.17, 15) is 10.1 Å². The van der Waals surface area contributed by atoms with E-state index in [1.54, 1.807) is 20.4 Å².